The number of benzene rings is 1. The van der Waals surface area contributed by atoms with Crippen molar-refractivity contribution in [1.82, 2.24) is 20.1 Å². The first-order valence-corrected chi connectivity index (χ1v) is 8.02. The highest BCUT2D eigenvalue weighted by Gasteiger charge is 2.21. The van der Waals surface area contributed by atoms with Gasteiger partial charge in [0.2, 0.25) is 0 Å². The minimum Gasteiger partial charge on any atom is -0.307 e. The van der Waals surface area contributed by atoms with E-state index in [0.29, 0.717) is 22.5 Å². The number of nitrogens with one attached hydrogen (secondary N) is 1. The lowest BCUT2D eigenvalue weighted by atomic mass is 10.1. The van der Waals surface area contributed by atoms with Crippen LogP contribution >= 0.6 is 23.2 Å². The molecule has 21 heavy (non-hydrogen) atoms. The van der Waals surface area contributed by atoms with Crippen molar-refractivity contribution in [3.8, 4) is 0 Å². The van der Waals surface area contributed by atoms with Crippen LogP contribution in [0.3, 0.4) is 0 Å². The van der Waals surface area contributed by atoms with E-state index in [9.17, 15) is 0 Å². The molecule has 1 saturated carbocycles. The van der Waals surface area contributed by atoms with Crippen molar-refractivity contribution in [1.29, 1.82) is 0 Å². The van der Waals surface area contributed by atoms with Crippen molar-refractivity contribution < 1.29 is 0 Å². The third-order valence-electron chi connectivity index (χ3n) is 3.61. The smallest absolute Gasteiger partial charge is 0.155 e. The van der Waals surface area contributed by atoms with E-state index < -0.39 is 0 Å². The maximum atomic E-state index is 6.21. The Kier molecular flexibility index (Phi) is 4.48. The molecule has 1 aromatic carbocycles. The second-order valence-corrected chi connectivity index (χ2v) is 6.11. The van der Waals surface area contributed by atoms with Crippen LogP contribution in [0.5, 0.6) is 0 Å². The first-order chi connectivity index (χ1) is 10.2. The predicted octanol–water partition coefficient (Wildman–Crippen LogP) is 3.45. The Morgan fingerprint density at radius 1 is 1.29 bits per heavy atom. The van der Waals surface area contributed by atoms with Gasteiger partial charge in [0.15, 0.2) is 5.82 Å². The molecule has 0 aliphatic heterocycles. The van der Waals surface area contributed by atoms with Gasteiger partial charge in [-0.2, -0.15) is 5.10 Å². The van der Waals surface area contributed by atoms with E-state index in [4.69, 9.17) is 23.2 Å². The molecule has 1 aromatic heterocycles. The van der Waals surface area contributed by atoms with Crippen LogP contribution in [-0.2, 0) is 19.5 Å². The Bertz CT molecular complexity index is 614. The molecular weight excluding hydrogens is 307 g/mol. The van der Waals surface area contributed by atoms with Gasteiger partial charge in [0.25, 0.3) is 0 Å². The summed E-state index contributed by atoms with van der Waals surface area (Å²) in [7, 11) is 0. The van der Waals surface area contributed by atoms with Crippen molar-refractivity contribution in [3.05, 3.63) is 45.5 Å². The van der Waals surface area contributed by atoms with Crippen LogP contribution in [0, 0.1) is 0 Å². The van der Waals surface area contributed by atoms with Gasteiger partial charge in [-0.3, -0.25) is 0 Å². The number of halogens is 2. The van der Waals surface area contributed by atoms with Gasteiger partial charge in [-0.05, 0) is 37.5 Å². The molecule has 2 aromatic rings. The Morgan fingerprint density at radius 3 is 2.62 bits per heavy atom. The van der Waals surface area contributed by atoms with E-state index in [-0.39, 0.29) is 0 Å². The van der Waals surface area contributed by atoms with Gasteiger partial charge in [0.1, 0.15) is 5.82 Å². The zero-order valence-corrected chi connectivity index (χ0v) is 13.5. The molecule has 1 N–H and O–H groups in total. The lowest BCUT2D eigenvalue weighted by molar-refractivity contribution is 0.569. The SMILES string of the molecule is CCn1nc(Cc2c(Cl)cccc2Cl)nc1CNC1CC1. The first-order valence-electron chi connectivity index (χ1n) is 7.26. The third-order valence-corrected chi connectivity index (χ3v) is 4.32. The second-order valence-electron chi connectivity index (χ2n) is 5.29. The molecule has 1 aliphatic rings. The summed E-state index contributed by atoms with van der Waals surface area (Å²) < 4.78 is 1.94. The molecule has 0 unspecified atom stereocenters. The van der Waals surface area contributed by atoms with Crippen LogP contribution < -0.4 is 5.32 Å². The van der Waals surface area contributed by atoms with Gasteiger partial charge in [-0.1, -0.05) is 29.3 Å². The van der Waals surface area contributed by atoms with Crippen LogP contribution in [0.15, 0.2) is 18.2 Å². The lowest BCUT2D eigenvalue weighted by Crippen LogP contribution is -2.19. The summed E-state index contributed by atoms with van der Waals surface area (Å²) >= 11 is 12.4. The molecule has 0 saturated heterocycles. The van der Waals surface area contributed by atoms with E-state index in [1.165, 1.54) is 12.8 Å². The van der Waals surface area contributed by atoms with Crippen molar-refractivity contribution in [2.45, 2.75) is 45.3 Å². The number of aryl methyl sites for hydroxylation is 1. The van der Waals surface area contributed by atoms with Gasteiger partial charge in [0, 0.05) is 29.1 Å². The van der Waals surface area contributed by atoms with Crippen LogP contribution in [-0.4, -0.2) is 20.8 Å². The highest BCUT2D eigenvalue weighted by Crippen LogP contribution is 2.26. The molecule has 0 bridgehead atoms. The highest BCUT2D eigenvalue weighted by molar-refractivity contribution is 6.36. The highest BCUT2D eigenvalue weighted by atomic mass is 35.5. The normalized spacial score (nSPS) is 14.6. The first kappa shape index (κ1) is 14.8. The molecule has 0 radical (unpaired) electrons. The van der Waals surface area contributed by atoms with Gasteiger partial charge in [-0.15, -0.1) is 0 Å². The zero-order valence-electron chi connectivity index (χ0n) is 11.9. The molecule has 3 rings (SSSR count). The maximum Gasteiger partial charge on any atom is 0.155 e. The van der Waals surface area contributed by atoms with Crippen molar-refractivity contribution in [3.63, 3.8) is 0 Å². The van der Waals surface area contributed by atoms with E-state index in [1.807, 2.05) is 22.9 Å². The van der Waals surface area contributed by atoms with Crippen LogP contribution in [0.2, 0.25) is 10.0 Å². The van der Waals surface area contributed by atoms with Crippen molar-refractivity contribution in [2.75, 3.05) is 0 Å². The van der Waals surface area contributed by atoms with E-state index in [0.717, 1.165) is 30.3 Å². The standard InChI is InChI=1S/C15H18Cl2N4/c1-2-21-15(9-18-10-6-7-10)19-14(20-21)8-11-12(16)4-3-5-13(11)17/h3-5,10,18H,2,6-9H2,1H3. The summed E-state index contributed by atoms with van der Waals surface area (Å²) in [6.07, 6.45) is 3.09. The van der Waals surface area contributed by atoms with Gasteiger partial charge < -0.3 is 5.32 Å². The average molecular weight is 325 g/mol. The molecule has 6 heteroatoms. The van der Waals surface area contributed by atoms with Gasteiger partial charge in [0.05, 0.1) is 6.54 Å². The Labute approximate surface area is 134 Å². The lowest BCUT2D eigenvalue weighted by Gasteiger charge is -2.03. The van der Waals surface area contributed by atoms with Crippen LogP contribution in [0.1, 0.15) is 37.0 Å². The molecule has 1 aliphatic carbocycles. The molecule has 4 nitrogen and oxygen atoms in total. The summed E-state index contributed by atoms with van der Waals surface area (Å²) in [6.45, 7) is 3.65. The molecular formula is C15H18Cl2N4. The zero-order chi connectivity index (χ0) is 14.8. The number of hydrogen-bond donors (Lipinski definition) is 1. The van der Waals surface area contributed by atoms with Crippen molar-refractivity contribution >= 4 is 23.2 Å². The molecule has 0 atom stereocenters. The minimum atomic E-state index is 0.557. The topological polar surface area (TPSA) is 42.7 Å². The summed E-state index contributed by atoms with van der Waals surface area (Å²) in [6, 6.07) is 6.19. The van der Waals surface area contributed by atoms with Crippen molar-refractivity contribution in [2.24, 2.45) is 0 Å². The van der Waals surface area contributed by atoms with Crippen LogP contribution in [0.25, 0.3) is 0 Å². The van der Waals surface area contributed by atoms with Gasteiger partial charge in [-0.25, -0.2) is 9.67 Å². The van der Waals surface area contributed by atoms with E-state index in [2.05, 4.69) is 22.3 Å². The second kappa shape index (κ2) is 6.34. The minimum absolute atomic E-state index is 0.557. The number of aromatic nitrogens is 3. The molecule has 1 heterocycles. The summed E-state index contributed by atoms with van der Waals surface area (Å²) in [5.74, 6) is 1.74. The van der Waals surface area contributed by atoms with E-state index in [1.54, 1.807) is 0 Å². The third kappa shape index (κ3) is 3.57. The molecule has 112 valence electrons. The number of nitrogens with zero attached hydrogens (tertiary/aromatic N) is 3. The van der Waals surface area contributed by atoms with Crippen LogP contribution in [0.4, 0.5) is 0 Å². The Balaban J connectivity index is 1.78. The monoisotopic (exact) mass is 324 g/mol. The molecule has 0 amide bonds. The largest absolute Gasteiger partial charge is 0.307 e. The fourth-order valence-electron chi connectivity index (χ4n) is 2.27. The summed E-state index contributed by atoms with van der Waals surface area (Å²) in [5, 5.41) is 9.35. The predicted molar refractivity (Wildman–Crippen MR) is 84.8 cm³/mol. The Morgan fingerprint density at radius 2 is 2.00 bits per heavy atom. The maximum absolute atomic E-state index is 6.21. The average Bonchev–Trinajstić information content (AvgIpc) is 3.21. The Hall–Kier alpha value is -1.10. The summed E-state index contributed by atoms with van der Waals surface area (Å²) in [4.78, 5) is 4.63. The fraction of sp³-hybridized carbons (Fsp3) is 0.467. The number of hydrogen-bond acceptors (Lipinski definition) is 3. The number of rotatable bonds is 6. The van der Waals surface area contributed by atoms with Gasteiger partial charge >= 0.3 is 0 Å². The quantitative estimate of drug-likeness (QED) is 0.885. The summed E-state index contributed by atoms with van der Waals surface area (Å²) in [5.41, 5.74) is 0.885. The fourth-order valence-corrected chi connectivity index (χ4v) is 2.80. The van der Waals surface area contributed by atoms with E-state index >= 15 is 0 Å². The molecule has 0 spiro atoms. The molecule has 1 fully saturated rings.